The lowest BCUT2D eigenvalue weighted by atomic mass is 10.2. The van der Waals surface area contributed by atoms with E-state index >= 15 is 0 Å². The lowest BCUT2D eigenvalue weighted by molar-refractivity contribution is -0.153. The van der Waals surface area contributed by atoms with Crippen LogP contribution in [0, 0.1) is 6.92 Å². The zero-order chi connectivity index (χ0) is 25.0. The Morgan fingerprint density at radius 2 is 1.29 bits per heavy atom. The van der Waals surface area contributed by atoms with Gasteiger partial charge in [-0.15, -0.1) is 0 Å². The summed E-state index contributed by atoms with van der Waals surface area (Å²) < 4.78 is 39.7. The molecule has 0 aliphatic heterocycles. The second-order valence-corrected chi connectivity index (χ2v) is 8.76. The van der Waals surface area contributed by atoms with Gasteiger partial charge in [0.1, 0.15) is 19.3 Å². The predicted octanol–water partition coefficient (Wildman–Crippen LogP) is 3.43. The zero-order valence-electron chi connectivity index (χ0n) is 18.7. The molecule has 3 rings (SSSR count). The summed E-state index contributed by atoms with van der Waals surface area (Å²) in [6.45, 7) is 2.13. The molecule has 0 aromatic heterocycles. The van der Waals surface area contributed by atoms with Gasteiger partial charge in [0.2, 0.25) is 0 Å². The summed E-state index contributed by atoms with van der Waals surface area (Å²) in [5.41, 5.74) is 8.37. The molecule has 0 aliphatic carbocycles. The fraction of sp³-hybridized carbons (Fsp3) is 0.200. The molecule has 34 heavy (non-hydrogen) atoms. The number of nitrogens with two attached hydrogens (primary N) is 1. The maximum Gasteiger partial charge on any atom is 0.323 e. The van der Waals surface area contributed by atoms with Crippen molar-refractivity contribution in [3.8, 4) is 0 Å². The highest BCUT2D eigenvalue weighted by Crippen LogP contribution is 2.08. The Morgan fingerprint density at radius 1 is 0.824 bits per heavy atom. The van der Waals surface area contributed by atoms with Gasteiger partial charge < -0.3 is 15.2 Å². The standard InChI is InChI=1S/C18H19NO4.C7H8O3S/c19-16(18(21)23-13-15-9-5-2-6-10-15)11-17(20)22-12-14-7-3-1-4-8-14;1-6-2-4-7(5-3-6)11(8,9)10/h1-10,16H,11-13,19H2;2-5H,1H3,(H,8,9,10). The van der Waals surface area contributed by atoms with Crippen molar-refractivity contribution < 1.29 is 32.0 Å². The summed E-state index contributed by atoms with van der Waals surface area (Å²) >= 11 is 0. The molecule has 0 spiro atoms. The van der Waals surface area contributed by atoms with E-state index in [1.54, 1.807) is 12.1 Å². The minimum Gasteiger partial charge on any atom is -0.461 e. The van der Waals surface area contributed by atoms with E-state index in [2.05, 4.69) is 0 Å². The average Bonchev–Trinajstić information content (AvgIpc) is 2.82. The van der Waals surface area contributed by atoms with Crippen molar-refractivity contribution in [2.24, 2.45) is 5.73 Å². The van der Waals surface area contributed by atoms with Crippen LogP contribution in [0.4, 0.5) is 0 Å². The van der Waals surface area contributed by atoms with Gasteiger partial charge in [-0.1, -0.05) is 78.4 Å². The Bertz CT molecular complexity index is 1150. The van der Waals surface area contributed by atoms with Gasteiger partial charge in [0.25, 0.3) is 10.1 Å². The van der Waals surface area contributed by atoms with Gasteiger partial charge in [-0.05, 0) is 30.2 Å². The lowest BCUT2D eigenvalue weighted by Gasteiger charge is -2.11. The zero-order valence-corrected chi connectivity index (χ0v) is 19.5. The predicted molar refractivity (Wildman–Crippen MR) is 126 cm³/mol. The Balaban J connectivity index is 0.000000310. The van der Waals surface area contributed by atoms with Crippen LogP contribution in [0.25, 0.3) is 0 Å². The number of carbonyl (C=O) groups is 2. The fourth-order valence-electron chi connectivity index (χ4n) is 2.61. The first-order valence-corrected chi connectivity index (χ1v) is 11.8. The first-order chi connectivity index (χ1) is 16.1. The van der Waals surface area contributed by atoms with Crippen molar-refractivity contribution in [1.82, 2.24) is 0 Å². The summed E-state index contributed by atoms with van der Waals surface area (Å²) in [6.07, 6.45) is -0.208. The van der Waals surface area contributed by atoms with Gasteiger partial charge in [0, 0.05) is 0 Å². The normalized spacial score (nSPS) is 11.5. The molecule has 0 bridgehead atoms. The van der Waals surface area contributed by atoms with Crippen molar-refractivity contribution in [3.63, 3.8) is 0 Å². The maximum absolute atomic E-state index is 11.8. The number of rotatable bonds is 8. The lowest BCUT2D eigenvalue weighted by Crippen LogP contribution is -2.34. The molecule has 3 aromatic carbocycles. The SMILES string of the molecule is Cc1ccc(S(=O)(=O)O)cc1.NC(CC(=O)OCc1ccccc1)C(=O)OCc1ccccc1. The molecule has 8 nitrogen and oxygen atoms in total. The highest BCUT2D eigenvalue weighted by molar-refractivity contribution is 7.85. The third-order valence-electron chi connectivity index (χ3n) is 4.47. The van der Waals surface area contributed by atoms with Crippen LogP contribution in [0.5, 0.6) is 0 Å². The van der Waals surface area contributed by atoms with Crippen LogP contribution in [-0.2, 0) is 42.4 Å². The number of hydrogen-bond acceptors (Lipinski definition) is 7. The van der Waals surface area contributed by atoms with E-state index in [-0.39, 0.29) is 24.5 Å². The van der Waals surface area contributed by atoms with Gasteiger partial charge in [-0.3, -0.25) is 14.1 Å². The molecule has 0 aliphatic rings. The van der Waals surface area contributed by atoms with Crippen LogP contribution in [0.1, 0.15) is 23.1 Å². The van der Waals surface area contributed by atoms with Crippen LogP contribution < -0.4 is 5.73 Å². The van der Waals surface area contributed by atoms with Gasteiger partial charge in [-0.25, -0.2) is 0 Å². The number of esters is 2. The molecule has 1 unspecified atom stereocenters. The van der Waals surface area contributed by atoms with E-state index in [1.807, 2.05) is 67.6 Å². The average molecular weight is 486 g/mol. The summed E-state index contributed by atoms with van der Waals surface area (Å²) in [4.78, 5) is 23.4. The third kappa shape index (κ3) is 9.95. The Morgan fingerprint density at radius 3 is 1.76 bits per heavy atom. The van der Waals surface area contributed by atoms with Crippen molar-refractivity contribution in [1.29, 1.82) is 0 Å². The Kier molecular flexibility index (Phi) is 10.4. The molecule has 9 heteroatoms. The second kappa shape index (κ2) is 13.2. The molecule has 1 atom stereocenters. The monoisotopic (exact) mass is 485 g/mol. The van der Waals surface area contributed by atoms with Crippen molar-refractivity contribution in [2.45, 2.75) is 37.5 Å². The van der Waals surface area contributed by atoms with Crippen molar-refractivity contribution in [2.75, 3.05) is 0 Å². The van der Waals surface area contributed by atoms with Gasteiger partial charge in [-0.2, -0.15) is 8.42 Å². The molecule has 0 amide bonds. The maximum atomic E-state index is 11.8. The molecular formula is C25H27NO7S. The number of ether oxygens (including phenoxy) is 2. The van der Waals surface area contributed by atoms with Crippen LogP contribution in [-0.4, -0.2) is 31.0 Å². The Hall–Kier alpha value is -3.53. The molecule has 0 saturated heterocycles. The third-order valence-corrected chi connectivity index (χ3v) is 5.34. The largest absolute Gasteiger partial charge is 0.461 e. The summed E-state index contributed by atoms with van der Waals surface area (Å²) in [6, 6.07) is 23.5. The number of aryl methyl sites for hydroxylation is 1. The first-order valence-electron chi connectivity index (χ1n) is 10.3. The highest BCUT2D eigenvalue weighted by Gasteiger charge is 2.20. The molecule has 3 aromatic rings. The second-order valence-electron chi connectivity index (χ2n) is 7.34. The van der Waals surface area contributed by atoms with Gasteiger partial charge in [0.15, 0.2) is 0 Å². The van der Waals surface area contributed by atoms with Crippen molar-refractivity contribution in [3.05, 3.63) is 102 Å². The van der Waals surface area contributed by atoms with E-state index in [0.29, 0.717) is 0 Å². The Labute approximate surface area is 199 Å². The highest BCUT2D eigenvalue weighted by atomic mass is 32.2. The van der Waals surface area contributed by atoms with E-state index in [1.165, 1.54) is 12.1 Å². The summed E-state index contributed by atoms with van der Waals surface area (Å²) in [5.74, 6) is -1.15. The summed E-state index contributed by atoms with van der Waals surface area (Å²) in [5, 5.41) is 0. The number of carbonyl (C=O) groups excluding carboxylic acids is 2. The molecule has 0 heterocycles. The molecule has 0 saturated carbocycles. The van der Waals surface area contributed by atoms with E-state index in [4.69, 9.17) is 19.8 Å². The van der Waals surface area contributed by atoms with E-state index < -0.39 is 28.1 Å². The minimum absolute atomic E-state index is 0.0666. The van der Waals surface area contributed by atoms with Crippen LogP contribution in [0.3, 0.4) is 0 Å². The van der Waals surface area contributed by atoms with E-state index in [9.17, 15) is 18.0 Å². The minimum atomic E-state index is -4.02. The van der Waals surface area contributed by atoms with Gasteiger partial charge in [0.05, 0.1) is 11.3 Å². The summed E-state index contributed by atoms with van der Waals surface area (Å²) in [7, 11) is -4.02. The quantitative estimate of drug-likeness (QED) is 0.366. The number of benzene rings is 3. The smallest absolute Gasteiger partial charge is 0.323 e. The van der Waals surface area contributed by atoms with Crippen molar-refractivity contribution >= 4 is 22.1 Å². The van der Waals surface area contributed by atoms with Gasteiger partial charge >= 0.3 is 11.9 Å². The first kappa shape index (κ1) is 26.7. The van der Waals surface area contributed by atoms with Crippen LogP contribution in [0.15, 0.2) is 89.8 Å². The molecular weight excluding hydrogens is 458 g/mol. The topological polar surface area (TPSA) is 133 Å². The number of hydrogen-bond donors (Lipinski definition) is 2. The molecule has 0 fully saturated rings. The van der Waals surface area contributed by atoms with Crippen LogP contribution >= 0.6 is 0 Å². The van der Waals surface area contributed by atoms with Crippen LogP contribution in [0.2, 0.25) is 0 Å². The molecule has 180 valence electrons. The molecule has 0 radical (unpaired) electrons. The molecule has 3 N–H and O–H groups in total. The van der Waals surface area contributed by atoms with E-state index in [0.717, 1.165) is 16.7 Å². The fourth-order valence-corrected chi connectivity index (χ4v) is 3.09.